The standard InChI is InChI=1S/C12H15N3O2S/c1-8-9(7-11(16)14-5-4-13)15-12(17-8)10-3-2-6-18-10/h2-3,6H,4-5,7,13H2,1H3,(H,14,16). The highest BCUT2D eigenvalue weighted by atomic mass is 32.1. The Labute approximate surface area is 109 Å². The first-order valence-electron chi connectivity index (χ1n) is 5.67. The molecule has 2 aromatic rings. The minimum absolute atomic E-state index is 0.0884. The van der Waals surface area contributed by atoms with Gasteiger partial charge in [-0.2, -0.15) is 0 Å². The van der Waals surface area contributed by atoms with Gasteiger partial charge < -0.3 is 15.5 Å². The van der Waals surface area contributed by atoms with Crippen molar-refractivity contribution in [3.05, 3.63) is 29.0 Å². The molecule has 0 saturated heterocycles. The molecule has 2 heterocycles. The molecule has 0 atom stereocenters. The van der Waals surface area contributed by atoms with Gasteiger partial charge in [0.15, 0.2) is 0 Å². The molecular formula is C12H15N3O2S. The Balaban J connectivity index is 2.08. The molecule has 0 radical (unpaired) electrons. The van der Waals surface area contributed by atoms with Gasteiger partial charge in [-0.15, -0.1) is 11.3 Å². The Bertz CT molecular complexity index is 519. The first kappa shape index (κ1) is 12.8. The topological polar surface area (TPSA) is 81.2 Å². The average molecular weight is 265 g/mol. The zero-order valence-corrected chi connectivity index (χ0v) is 10.9. The predicted octanol–water partition coefficient (Wildman–Crippen LogP) is 1.33. The number of aryl methyl sites for hydroxylation is 1. The molecule has 0 aliphatic heterocycles. The second-order valence-corrected chi connectivity index (χ2v) is 4.76. The van der Waals surface area contributed by atoms with Gasteiger partial charge in [0.25, 0.3) is 0 Å². The van der Waals surface area contributed by atoms with E-state index in [-0.39, 0.29) is 12.3 Å². The van der Waals surface area contributed by atoms with Crippen LogP contribution in [0.5, 0.6) is 0 Å². The summed E-state index contributed by atoms with van der Waals surface area (Å²) in [7, 11) is 0. The maximum Gasteiger partial charge on any atom is 0.236 e. The minimum atomic E-state index is -0.0884. The molecule has 18 heavy (non-hydrogen) atoms. The predicted molar refractivity (Wildman–Crippen MR) is 70.3 cm³/mol. The van der Waals surface area contributed by atoms with Crippen molar-refractivity contribution in [2.24, 2.45) is 5.73 Å². The Morgan fingerprint density at radius 2 is 2.44 bits per heavy atom. The van der Waals surface area contributed by atoms with Crippen LogP contribution >= 0.6 is 11.3 Å². The fourth-order valence-electron chi connectivity index (χ4n) is 1.52. The fraction of sp³-hybridized carbons (Fsp3) is 0.333. The monoisotopic (exact) mass is 265 g/mol. The molecule has 0 fully saturated rings. The summed E-state index contributed by atoms with van der Waals surface area (Å²) in [6.45, 7) is 2.73. The maximum absolute atomic E-state index is 11.6. The van der Waals surface area contributed by atoms with E-state index in [1.807, 2.05) is 24.4 Å². The summed E-state index contributed by atoms with van der Waals surface area (Å²) in [5, 5.41) is 4.67. The third kappa shape index (κ3) is 2.96. The Kier molecular flexibility index (Phi) is 4.11. The zero-order chi connectivity index (χ0) is 13.0. The van der Waals surface area contributed by atoms with Gasteiger partial charge in [0.05, 0.1) is 17.0 Å². The van der Waals surface area contributed by atoms with E-state index in [0.717, 1.165) is 4.88 Å². The van der Waals surface area contributed by atoms with Crippen LogP contribution in [0.2, 0.25) is 0 Å². The molecule has 96 valence electrons. The number of nitrogens with one attached hydrogen (secondary N) is 1. The van der Waals surface area contributed by atoms with Crippen molar-refractivity contribution in [2.75, 3.05) is 13.1 Å². The number of carbonyl (C=O) groups is 1. The number of oxazole rings is 1. The summed E-state index contributed by atoms with van der Waals surface area (Å²) >= 11 is 1.56. The van der Waals surface area contributed by atoms with Gasteiger partial charge >= 0.3 is 0 Å². The van der Waals surface area contributed by atoms with Crippen LogP contribution in [0.3, 0.4) is 0 Å². The lowest BCUT2D eigenvalue weighted by atomic mass is 10.2. The van der Waals surface area contributed by atoms with Crippen LogP contribution in [0, 0.1) is 6.92 Å². The SMILES string of the molecule is Cc1oc(-c2cccs2)nc1CC(=O)NCCN. The smallest absolute Gasteiger partial charge is 0.236 e. The van der Waals surface area contributed by atoms with E-state index in [2.05, 4.69) is 10.3 Å². The highest BCUT2D eigenvalue weighted by Crippen LogP contribution is 2.25. The highest BCUT2D eigenvalue weighted by molar-refractivity contribution is 7.13. The molecule has 0 saturated carbocycles. The van der Waals surface area contributed by atoms with Crippen molar-refractivity contribution in [2.45, 2.75) is 13.3 Å². The highest BCUT2D eigenvalue weighted by Gasteiger charge is 2.14. The van der Waals surface area contributed by atoms with Crippen molar-refractivity contribution in [1.29, 1.82) is 0 Å². The largest absolute Gasteiger partial charge is 0.440 e. The Morgan fingerprint density at radius 1 is 1.61 bits per heavy atom. The summed E-state index contributed by atoms with van der Waals surface area (Å²) in [6, 6.07) is 3.88. The van der Waals surface area contributed by atoms with Crippen molar-refractivity contribution in [1.82, 2.24) is 10.3 Å². The summed E-state index contributed by atoms with van der Waals surface area (Å²) in [6.07, 6.45) is 0.223. The lowest BCUT2D eigenvalue weighted by Crippen LogP contribution is -2.30. The van der Waals surface area contributed by atoms with Gasteiger partial charge in [0, 0.05) is 13.1 Å². The van der Waals surface area contributed by atoms with Crippen LogP contribution in [0.15, 0.2) is 21.9 Å². The molecular weight excluding hydrogens is 250 g/mol. The summed E-state index contributed by atoms with van der Waals surface area (Å²) < 4.78 is 5.56. The van der Waals surface area contributed by atoms with E-state index in [4.69, 9.17) is 10.2 Å². The molecule has 5 nitrogen and oxygen atoms in total. The van der Waals surface area contributed by atoms with Gasteiger partial charge in [-0.3, -0.25) is 4.79 Å². The van der Waals surface area contributed by atoms with E-state index < -0.39 is 0 Å². The van der Waals surface area contributed by atoms with Gasteiger partial charge in [-0.05, 0) is 18.4 Å². The molecule has 0 spiro atoms. The van der Waals surface area contributed by atoms with Gasteiger partial charge in [-0.25, -0.2) is 4.98 Å². The van der Waals surface area contributed by atoms with Gasteiger partial charge in [-0.1, -0.05) is 6.07 Å². The number of aromatic nitrogens is 1. The number of carbonyl (C=O) groups excluding carboxylic acids is 1. The van der Waals surface area contributed by atoms with E-state index >= 15 is 0 Å². The summed E-state index contributed by atoms with van der Waals surface area (Å²) in [5.74, 6) is 1.17. The van der Waals surface area contributed by atoms with Crippen LogP contribution in [0.4, 0.5) is 0 Å². The fourth-order valence-corrected chi connectivity index (χ4v) is 2.17. The maximum atomic E-state index is 11.6. The van der Waals surface area contributed by atoms with E-state index in [1.54, 1.807) is 11.3 Å². The molecule has 0 bridgehead atoms. The molecule has 0 aliphatic rings. The third-order valence-corrected chi connectivity index (χ3v) is 3.28. The normalized spacial score (nSPS) is 10.6. The Morgan fingerprint density at radius 3 is 3.11 bits per heavy atom. The molecule has 2 rings (SSSR count). The van der Waals surface area contributed by atoms with E-state index in [9.17, 15) is 4.79 Å². The molecule has 2 aromatic heterocycles. The number of amides is 1. The number of thiophene rings is 1. The lowest BCUT2D eigenvalue weighted by molar-refractivity contribution is -0.120. The van der Waals surface area contributed by atoms with Crippen molar-refractivity contribution < 1.29 is 9.21 Å². The van der Waals surface area contributed by atoms with E-state index in [1.165, 1.54) is 0 Å². The van der Waals surface area contributed by atoms with Crippen LogP contribution < -0.4 is 11.1 Å². The molecule has 0 aliphatic carbocycles. The van der Waals surface area contributed by atoms with Gasteiger partial charge in [0.1, 0.15) is 5.76 Å². The van der Waals surface area contributed by atoms with Crippen LogP contribution in [-0.4, -0.2) is 24.0 Å². The average Bonchev–Trinajstić information content (AvgIpc) is 2.97. The number of nitrogens with zero attached hydrogens (tertiary/aromatic N) is 1. The van der Waals surface area contributed by atoms with Crippen molar-refractivity contribution in [3.8, 4) is 10.8 Å². The second kappa shape index (κ2) is 5.79. The first-order valence-corrected chi connectivity index (χ1v) is 6.55. The molecule has 0 aromatic carbocycles. The summed E-state index contributed by atoms with van der Waals surface area (Å²) in [4.78, 5) is 16.9. The first-order chi connectivity index (χ1) is 8.70. The summed E-state index contributed by atoms with van der Waals surface area (Å²) in [5.41, 5.74) is 5.99. The molecule has 1 amide bonds. The number of rotatable bonds is 5. The zero-order valence-electron chi connectivity index (χ0n) is 10.1. The minimum Gasteiger partial charge on any atom is -0.440 e. The number of nitrogens with two attached hydrogens (primary N) is 1. The van der Waals surface area contributed by atoms with Crippen molar-refractivity contribution >= 4 is 17.2 Å². The molecule has 3 N–H and O–H groups in total. The van der Waals surface area contributed by atoms with Gasteiger partial charge in [0.2, 0.25) is 11.8 Å². The van der Waals surface area contributed by atoms with Crippen LogP contribution in [0.25, 0.3) is 10.8 Å². The van der Waals surface area contributed by atoms with E-state index in [0.29, 0.717) is 30.4 Å². The third-order valence-electron chi connectivity index (χ3n) is 2.42. The van der Waals surface area contributed by atoms with Crippen LogP contribution in [0.1, 0.15) is 11.5 Å². The second-order valence-electron chi connectivity index (χ2n) is 3.81. The quantitative estimate of drug-likeness (QED) is 0.854. The number of hydrogen-bond donors (Lipinski definition) is 2. The Hall–Kier alpha value is -1.66. The lowest BCUT2D eigenvalue weighted by Gasteiger charge is -2.00. The van der Waals surface area contributed by atoms with Crippen molar-refractivity contribution in [3.63, 3.8) is 0 Å². The number of hydrogen-bond acceptors (Lipinski definition) is 5. The molecule has 0 unspecified atom stereocenters. The van der Waals surface area contributed by atoms with Crippen LogP contribution in [-0.2, 0) is 11.2 Å². The molecule has 6 heteroatoms.